The number of aryl methyl sites for hydroxylation is 2. The molecular weight excluding hydrogens is 330 g/mol. The first-order valence-corrected chi connectivity index (χ1v) is 8.82. The van der Waals surface area contributed by atoms with Gasteiger partial charge in [-0.3, -0.25) is 14.4 Å². The molecule has 8 heteroatoms. The van der Waals surface area contributed by atoms with Gasteiger partial charge in [-0.05, 0) is 32.8 Å². The highest BCUT2D eigenvalue weighted by Gasteiger charge is 2.47. The molecule has 2 saturated heterocycles. The summed E-state index contributed by atoms with van der Waals surface area (Å²) in [6.07, 6.45) is 1.05. The highest BCUT2D eigenvalue weighted by molar-refractivity contribution is 5.76. The molecule has 1 aromatic heterocycles. The van der Waals surface area contributed by atoms with Gasteiger partial charge in [-0.25, -0.2) is 8.78 Å². The quantitative estimate of drug-likeness (QED) is 0.880. The Balaban J connectivity index is 1.55. The van der Waals surface area contributed by atoms with Crippen molar-refractivity contribution >= 4 is 5.91 Å². The minimum Gasteiger partial charge on any atom is -0.395 e. The van der Waals surface area contributed by atoms with Crippen molar-refractivity contribution in [1.29, 1.82) is 0 Å². The minimum absolute atomic E-state index is 0.00302. The summed E-state index contributed by atoms with van der Waals surface area (Å²) >= 11 is 0. The summed E-state index contributed by atoms with van der Waals surface area (Å²) in [4.78, 5) is 16.0. The first-order valence-electron chi connectivity index (χ1n) is 8.82. The molecule has 3 heterocycles. The van der Waals surface area contributed by atoms with Gasteiger partial charge in [0, 0.05) is 37.3 Å². The molecule has 2 aliphatic heterocycles. The van der Waals surface area contributed by atoms with E-state index in [9.17, 15) is 18.7 Å². The van der Waals surface area contributed by atoms with Crippen LogP contribution in [0.4, 0.5) is 8.78 Å². The predicted octanol–water partition coefficient (Wildman–Crippen LogP) is 1.19. The molecule has 140 valence electrons. The fourth-order valence-corrected chi connectivity index (χ4v) is 4.03. The van der Waals surface area contributed by atoms with Crippen LogP contribution in [0.1, 0.15) is 30.7 Å². The molecule has 1 atom stereocenters. The lowest BCUT2D eigenvalue weighted by molar-refractivity contribution is -0.133. The zero-order chi connectivity index (χ0) is 18.2. The van der Waals surface area contributed by atoms with E-state index in [1.54, 1.807) is 14.5 Å². The Hall–Kier alpha value is -1.54. The summed E-state index contributed by atoms with van der Waals surface area (Å²) in [6.45, 7) is 4.61. The van der Waals surface area contributed by atoms with E-state index < -0.39 is 12.0 Å². The maximum Gasteiger partial charge on any atom is 0.262 e. The third-order valence-corrected chi connectivity index (χ3v) is 5.30. The molecule has 1 amide bonds. The molecule has 0 unspecified atom stereocenters. The smallest absolute Gasteiger partial charge is 0.262 e. The van der Waals surface area contributed by atoms with Crippen LogP contribution in [0.2, 0.25) is 0 Å². The number of amides is 1. The van der Waals surface area contributed by atoms with Gasteiger partial charge in [0.15, 0.2) is 0 Å². The van der Waals surface area contributed by atoms with E-state index in [-0.39, 0.29) is 38.1 Å². The molecule has 3 rings (SSSR count). The number of halogens is 2. The largest absolute Gasteiger partial charge is 0.395 e. The van der Waals surface area contributed by atoms with E-state index in [1.807, 2.05) is 19.9 Å². The Bertz CT molecular complexity index is 626. The fourth-order valence-electron chi connectivity index (χ4n) is 4.03. The number of rotatable bonds is 4. The van der Waals surface area contributed by atoms with Crippen molar-refractivity contribution in [1.82, 2.24) is 19.6 Å². The van der Waals surface area contributed by atoms with E-state index in [1.165, 1.54) is 0 Å². The van der Waals surface area contributed by atoms with E-state index in [4.69, 9.17) is 0 Å². The molecule has 0 aromatic carbocycles. The summed E-state index contributed by atoms with van der Waals surface area (Å²) in [7, 11) is 0. The van der Waals surface area contributed by atoms with Crippen molar-refractivity contribution in [2.24, 2.45) is 0 Å². The molecule has 2 fully saturated rings. The van der Waals surface area contributed by atoms with Crippen LogP contribution in [0.3, 0.4) is 0 Å². The summed E-state index contributed by atoms with van der Waals surface area (Å²) in [6, 6.07) is 1.46. The van der Waals surface area contributed by atoms with Crippen molar-refractivity contribution in [3.8, 4) is 0 Å². The standard InChI is InChI=1S/C17H26F2N4O2/c1-12-7-13(2)23(20-12)9-16(25)21-5-3-14(4-6-21)22-11-17(18,19)8-15(22)10-24/h7,14-15,24H,3-6,8-11H2,1-2H3/t15-/m0/s1. The molecular formula is C17H26F2N4O2. The van der Waals surface area contributed by atoms with Gasteiger partial charge in [-0.1, -0.05) is 0 Å². The fraction of sp³-hybridized carbons (Fsp3) is 0.765. The second-order valence-electron chi connectivity index (χ2n) is 7.27. The average molecular weight is 356 g/mol. The number of hydrogen-bond acceptors (Lipinski definition) is 4. The predicted molar refractivity (Wildman–Crippen MR) is 88.4 cm³/mol. The number of aromatic nitrogens is 2. The van der Waals surface area contributed by atoms with Crippen molar-refractivity contribution in [3.63, 3.8) is 0 Å². The van der Waals surface area contributed by atoms with Gasteiger partial charge in [0.25, 0.3) is 5.92 Å². The van der Waals surface area contributed by atoms with Gasteiger partial charge >= 0.3 is 0 Å². The first kappa shape index (κ1) is 18.3. The Kier molecular flexibility index (Phi) is 5.11. The second-order valence-corrected chi connectivity index (χ2v) is 7.27. The SMILES string of the molecule is Cc1cc(C)n(CC(=O)N2CCC(N3CC(F)(F)C[C@H]3CO)CC2)n1. The number of aliphatic hydroxyl groups excluding tert-OH is 1. The summed E-state index contributed by atoms with van der Waals surface area (Å²) < 4.78 is 29.0. The monoisotopic (exact) mass is 356 g/mol. The average Bonchev–Trinajstić information content (AvgIpc) is 3.05. The molecule has 1 aromatic rings. The lowest BCUT2D eigenvalue weighted by Gasteiger charge is -2.38. The van der Waals surface area contributed by atoms with Crippen LogP contribution < -0.4 is 0 Å². The highest BCUT2D eigenvalue weighted by Crippen LogP contribution is 2.35. The Morgan fingerprint density at radius 2 is 2.04 bits per heavy atom. The van der Waals surface area contributed by atoms with Crippen LogP contribution in [0.5, 0.6) is 0 Å². The molecule has 0 spiro atoms. The summed E-state index contributed by atoms with van der Waals surface area (Å²) in [5.41, 5.74) is 1.83. The lowest BCUT2D eigenvalue weighted by Crippen LogP contribution is -2.49. The molecule has 25 heavy (non-hydrogen) atoms. The third-order valence-electron chi connectivity index (χ3n) is 5.30. The third kappa shape index (κ3) is 4.00. The number of likely N-dealkylation sites (tertiary alicyclic amines) is 2. The van der Waals surface area contributed by atoms with Gasteiger partial charge in [0.05, 0.1) is 18.8 Å². The van der Waals surface area contributed by atoms with Gasteiger partial charge in [0.2, 0.25) is 5.91 Å². The van der Waals surface area contributed by atoms with Gasteiger partial charge in [-0.15, -0.1) is 0 Å². The van der Waals surface area contributed by atoms with E-state index in [2.05, 4.69) is 5.10 Å². The van der Waals surface area contributed by atoms with Crippen LogP contribution in [-0.4, -0.2) is 74.8 Å². The van der Waals surface area contributed by atoms with Gasteiger partial charge in [-0.2, -0.15) is 5.10 Å². The molecule has 2 aliphatic rings. The number of piperidine rings is 1. The normalized spacial score (nSPS) is 24.8. The maximum atomic E-state index is 13.6. The Labute approximate surface area is 146 Å². The minimum atomic E-state index is -2.73. The number of aliphatic hydroxyl groups is 1. The lowest BCUT2D eigenvalue weighted by atomic mass is 10.0. The zero-order valence-electron chi connectivity index (χ0n) is 14.8. The van der Waals surface area contributed by atoms with Crippen LogP contribution in [0.15, 0.2) is 6.07 Å². The van der Waals surface area contributed by atoms with E-state index >= 15 is 0 Å². The van der Waals surface area contributed by atoms with Gasteiger partial charge < -0.3 is 10.0 Å². The highest BCUT2D eigenvalue weighted by atomic mass is 19.3. The van der Waals surface area contributed by atoms with Crippen LogP contribution in [0, 0.1) is 13.8 Å². The molecule has 0 saturated carbocycles. The topological polar surface area (TPSA) is 61.6 Å². The van der Waals surface area contributed by atoms with Crippen molar-refractivity contribution in [2.45, 2.75) is 57.7 Å². The van der Waals surface area contributed by atoms with Crippen LogP contribution in [0.25, 0.3) is 0 Å². The maximum absolute atomic E-state index is 13.6. The summed E-state index contributed by atoms with van der Waals surface area (Å²) in [5.74, 6) is -2.72. The molecule has 0 aliphatic carbocycles. The van der Waals surface area contributed by atoms with Crippen molar-refractivity contribution < 1.29 is 18.7 Å². The summed E-state index contributed by atoms with van der Waals surface area (Å²) in [5, 5.41) is 13.7. The Morgan fingerprint density at radius 1 is 1.36 bits per heavy atom. The number of carbonyl (C=O) groups is 1. The van der Waals surface area contributed by atoms with E-state index in [0.717, 1.165) is 11.4 Å². The zero-order valence-corrected chi connectivity index (χ0v) is 14.8. The van der Waals surface area contributed by atoms with Crippen molar-refractivity contribution in [3.05, 3.63) is 17.5 Å². The van der Waals surface area contributed by atoms with Gasteiger partial charge in [0.1, 0.15) is 6.54 Å². The first-order chi connectivity index (χ1) is 11.8. The van der Waals surface area contributed by atoms with Crippen molar-refractivity contribution in [2.75, 3.05) is 26.2 Å². The number of nitrogens with zero attached hydrogens (tertiary/aromatic N) is 4. The number of carbonyl (C=O) groups excluding carboxylic acids is 1. The van der Waals surface area contributed by atoms with Crippen LogP contribution in [-0.2, 0) is 11.3 Å². The molecule has 6 nitrogen and oxygen atoms in total. The Morgan fingerprint density at radius 3 is 2.60 bits per heavy atom. The van der Waals surface area contributed by atoms with E-state index in [0.29, 0.717) is 25.9 Å². The second kappa shape index (κ2) is 6.99. The number of hydrogen-bond donors (Lipinski definition) is 1. The molecule has 0 radical (unpaired) electrons. The number of alkyl halides is 2. The molecule has 0 bridgehead atoms. The molecule has 1 N–H and O–H groups in total. The van der Waals surface area contributed by atoms with Crippen LogP contribution >= 0.6 is 0 Å².